The molecule has 2 rings (SSSR count). The molecule has 17 heavy (non-hydrogen) atoms. The summed E-state index contributed by atoms with van der Waals surface area (Å²) in [6.07, 6.45) is 1.45. The number of nitro benzene ring substituents is 1. The van der Waals surface area contributed by atoms with Crippen LogP contribution >= 0.6 is 0 Å². The van der Waals surface area contributed by atoms with Gasteiger partial charge in [-0.3, -0.25) is 15.2 Å². The second-order valence-electron chi connectivity index (χ2n) is 3.46. The third kappa shape index (κ3) is 3.08. The van der Waals surface area contributed by atoms with Crippen LogP contribution in [0.15, 0.2) is 30.6 Å². The minimum atomic E-state index is -0.411. The summed E-state index contributed by atoms with van der Waals surface area (Å²) in [5, 5.41) is 20.1. The van der Waals surface area contributed by atoms with E-state index in [2.05, 4.69) is 20.5 Å². The fraction of sp³-hybridized carbons (Fsp3) is 0.200. The maximum absolute atomic E-state index is 10.5. The average molecular weight is 233 g/mol. The molecule has 2 N–H and O–H groups in total. The maximum Gasteiger partial charge on any atom is 0.269 e. The van der Waals surface area contributed by atoms with Gasteiger partial charge < -0.3 is 5.32 Å². The normalized spacial score (nSPS) is 10.4. The van der Waals surface area contributed by atoms with Gasteiger partial charge >= 0.3 is 0 Å². The number of nitrogens with zero attached hydrogens (tertiary/aromatic N) is 3. The molecule has 1 aromatic heterocycles. The molecule has 88 valence electrons. The van der Waals surface area contributed by atoms with E-state index < -0.39 is 4.92 Å². The highest BCUT2D eigenvalue weighted by molar-refractivity contribution is 5.32. The molecule has 0 aliphatic carbocycles. The van der Waals surface area contributed by atoms with Crippen LogP contribution in [-0.2, 0) is 13.1 Å². The molecule has 0 fully saturated rings. The fourth-order valence-corrected chi connectivity index (χ4v) is 1.38. The number of aromatic nitrogens is 3. The molecule has 7 heteroatoms. The van der Waals surface area contributed by atoms with E-state index in [0.29, 0.717) is 13.1 Å². The summed E-state index contributed by atoms with van der Waals surface area (Å²) in [5.74, 6) is 0.756. The standard InChI is InChI=1S/C10H11N5O2/c16-15(17)9-3-1-8(2-4-9)5-11-6-10-12-7-13-14-10/h1-4,7,11H,5-6H2,(H,12,13,14). The minimum Gasteiger partial charge on any atom is -0.306 e. The van der Waals surface area contributed by atoms with Gasteiger partial charge in [-0.05, 0) is 5.56 Å². The molecule has 0 spiro atoms. The molecular weight excluding hydrogens is 222 g/mol. The molecule has 0 saturated heterocycles. The molecule has 0 atom stereocenters. The summed E-state index contributed by atoms with van der Waals surface area (Å²) < 4.78 is 0. The number of aromatic amines is 1. The van der Waals surface area contributed by atoms with Crippen molar-refractivity contribution in [1.82, 2.24) is 20.5 Å². The Morgan fingerprint density at radius 1 is 1.29 bits per heavy atom. The molecule has 0 saturated carbocycles. The van der Waals surface area contributed by atoms with Gasteiger partial charge in [-0.1, -0.05) is 12.1 Å². The number of non-ortho nitro benzene ring substituents is 1. The van der Waals surface area contributed by atoms with E-state index >= 15 is 0 Å². The van der Waals surface area contributed by atoms with Gasteiger partial charge in [0.05, 0.1) is 11.5 Å². The Bertz CT molecular complexity index is 480. The van der Waals surface area contributed by atoms with E-state index in [9.17, 15) is 10.1 Å². The van der Waals surface area contributed by atoms with Crippen molar-refractivity contribution in [2.75, 3.05) is 0 Å². The van der Waals surface area contributed by atoms with Crippen LogP contribution in [0.4, 0.5) is 5.69 Å². The van der Waals surface area contributed by atoms with Crippen molar-refractivity contribution >= 4 is 5.69 Å². The Labute approximate surface area is 97.0 Å². The van der Waals surface area contributed by atoms with Gasteiger partial charge in [0.2, 0.25) is 0 Å². The van der Waals surface area contributed by atoms with Crippen LogP contribution in [0.2, 0.25) is 0 Å². The number of nitrogens with one attached hydrogen (secondary N) is 2. The Morgan fingerprint density at radius 2 is 2.06 bits per heavy atom. The smallest absolute Gasteiger partial charge is 0.269 e. The first-order chi connectivity index (χ1) is 8.25. The molecule has 0 bridgehead atoms. The molecule has 0 unspecified atom stereocenters. The van der Waals surface area contributed by atoms with Crippen molar-refractivity contribution in [3.63, 3.8) is 0 Å². The van der Waals surface area contributed by atoms with E-state index in [4.69, 9.17) is 0 Å². The van der Waals surface area contributed by atoms with Crippen molar-refractivity contribution in [2.24, 2.45) is 0 Å². The first-order valence-electron chi connectivity index (χ1n) is 5.04. The molecule has 2 aromatic rings. The summed E-state index contributed by atoms with van der Waals surface area (Å²) in [7, 11) is 0. The lowest BCUT2D eigenvalue weighted by molar-refractivity contribution is -0.384. The zero-order valence-corrected chi connectivity index (χ0v) is 8.96. The summed E-state index contributed by atoms with van der Waals surface area (Å²) in [6, 6.07) is 6.44. The van der Waals surface area contributed by atoms with Gasteiger partial charge in [-0.2, -0.15) is 5.10 Å². The van der Waals surface area contributed by atoms with Crippen LogP contribution in [-0.4, -0.2) is 20.1 Å². The molecule has 0 amide bonds. The molecule has 7 nitrogen and oxygen atoms in total. The second-order valence-corrected chi connectivity index (χ2v) is 3.46. The lowest BCUT2D eigenvalue weighted by Crippen LogP contribution is -2.13. The molecule has 0 radical (unpaired) electrons. The Hall–Kier alpha value is -2.28. The van der Waals surface area contributed by atoms with Crippen LogP contribution in [0, 0.1) is 10.1 Å². The average Bonchev–Trinajstić information content (AvgIpc) is 2.83. The Morgan fingerprint density at radius 3 is 2.65 bits per heavy atom. The van der Waals surface area contributed by atoms with Gasteiger partial charge in [-0.15, -0.1) is 0 Å². The number of hydrogen-bond acceptors (Lipinski definition) is 5. The van der Waals surface area contributed by atoms with E-state index in [1.54, 1.807) is 12.1 Å². The van der Waals surface area contributed by atoms with Crippen LogP contribution in [0.25, 0.3) is 0 Å². The molecule has 0 aliphatic heterocycles. The van der Waals surface area contributed by atoms with Crippen LogP contribution < -0.4 is 5.32 Å². The van der Waals surface area contributed by atoms with E-state index in [0.717, 1.165) is 11.4 Å². The maximum atomic E-state index is 10.5. The van der Waals surface area contributed by atoms with Crippen LogP contribution in [0.3, 0.4) is 0 Å². The quantitative estimate of drug-likeness (QED) is 0.593. The first kappa shape index (κ1) is 11.2. The van der Waals surface area contributed by atoms with Crippen molar-refractivity contribution in [3.8, 4) is 0 Å². The Kier molecular flexibility index (Phi) is 3.41. The number of benzene rings is 1. The summed E-state index contributed by atoms with van der Waals surface area (Å²) in [6.45, 7) is 1.20. The molecular formula is C10H11N5O2. The summed E-state index contributed by atoms with van der Waals surface area (Å²) in [5.41, 5.74) is 1.08. The SMILES string of the molecule is O=[N+]([O-])c1ccc(CNCc2ncn[nH]2)cc1. The Balaban J connectivity index is 1.85. The van der Waals surface area contributed by atoms with Gasteiger partial charge in [0.25, 0.3) is 5.69 Å². The minimum absolute atomic E-state index is 0.101. The predicted octanol–water partition coefficient (Wildman–Crippen LogP) is 1.00. The van der Waals surface area contributed by atoms with E-state index in [1.807, 2.05) is 0 Å². The van der Waals surface area contributed by atoms with Gasteiger partial charge in [0, 0.05) is 18.7 Å². The molecule has 1 aromatic carbocycles. The second kappa shape index (κ2) is 5.17. The van der Waals surface area contributed by atoms with Crippen molar-refractivity contribution < 1.29 is 4.92 Å². The van der Waals surface area contributed by atoms with Crippen molar-refractivity contribution in [2.45, 2.75) is 13.1 Å². The first-order valence-corrected chi connectivity index (χ1v) is 5.04. The zero-order chi connectivity index (χ0) is 12.1. The third-order valence-electron chi connectivity index (χ3n) is 2.23. The highest BCUT2D eigenvalue weighted by Gasteiger charge is 2.03. The van der Waals surface area contributed by atoms with Gasteiger partial charge in [0.1, 0.15) is 12.2 Å². The highest BCUT2D eigenvalue weighted by atomic mass is 16.6. The van der Waals surface area contributed by atoms with Gasteiger partial charge in [-0.25, -0.2) is 4.98 Å². The van der Waals surface area contributed by atoms with Gasteiger partial charge in [0.15, 0.2) is 0 Å². The van der Waals surface area contributed by atoms with E-state index in [-0.39, 0.29) is 5.69 Å². The van der Waals surface area contributed by atoms with E-state index in [1.165, 1.54) is 18.5 Å². The lowest BCUT2D eigenvalue weighted by Gasteiger charge is -2.02. The summed E-state index contributed by atoms with van der Waals surface area (Å²) in [4.78, 5) is 14.0. The lowest BCUT2D eigenvalue weighted by atomic mass is 10.2. The van der Waals surface area contributed by atoms with Crippen LogP contribution in [0.1, 0.15) is 11.4 Å². The third-order valence-corrected chi connectivity index (χ3v) is 2.23. The monoisotopic (exact) mass is 233 g/mol. The molecule has 0 aliphatic rings. The highest BCUT2D eigenvalue weighted by Crippen LogP contribution is 2.11. The largest absolute Gasteiger partial charge is 0.306 e. The number of H-pyrrole nitrogens is 1. The topological polar surface area (TPSA) is 96.7 Å². The van der Waals surface area contributed by atoms with Crippen LogP contribution in [0.5, 0.6) is 0 Å². The summed E-state index contributed by atoms with van der Waals surface area (Å²) >= 11 is 0. The number of rotatable bonds is 5. The zero-order valence-electron chi connectivity index (χ0n) is 8.96. The van der Waals surface area contributed by atoms with Crippen molar-refractivity contribution in [1.29, 1.82) is 0 Å². The molecule has 1 heterocycles. The number of hydrogen-bond donors (Lipinski definition) is 2. The predicted molar refractivity (Wildman–Crippen MR) is 60.0 cm³/mol. The fourth-order valence-electron chi connectivity index (χ4n) is 1.38. The van der Waals surface area contributed by atoms with Crippen molar-refractivity contribution in [3.05, 3.63) is 52.1 Å². The number of nitro groups is 1.